The van der Waals surface area contributed by atoms with Crippen molar-refractivity contribution in [2.45, 2.75) is 5.92 Å². The average Bonchev–Trinajstić information content (AvgIpc) is 2.73. The van der Waals surface area contributed by atoms with Gasteiger partial charge in [-0.25, -0.2) is 0 Å². The number of Topliss-reactive ketones (excluding diaryl/α,β-unsaturated/α-hetero) is 2. The standard InChI is InChI=1S/C22H15F2O2P/c23-22(24)20(25)19(21(22)26)27(16-10-4-1-5-11-16,17-12-6-2-7-13-17)18-14-8-3-9-15-18/h1-15H. The van der Waals surface area contributed by atoms with Crippen LogP contribution < -0.4 is 15.9 Å². The van der Waals surface area contributed by atoms with Crippen LogP contribution in [0, 0.1) is 0 Å². The second-order valence-electron chi connectivity index (χ2n) is 6.26. The maximum absolute atomic E-state index is 14.0. The Morgan fingerprint density at radius 1 is 0.556 bits per heavy atom. The van der Waals surface area contributed by atoms with Gasteiger partial charge in [-0.05, 0) is 22.8 Å². The number of benzene rings is 3. The molecule has 0 amide bonds. The van der Waals surface area contributed by atoms with Gasteiger partial charge in [-0.2, -0.15) is 8.78 Å². The summed E-state index contributed by atoms with van der Waals surface area (Å²) in [5.41, 5.74) is 0. The van der Waals surface area contributed by atoms with Crippen LogP contribution in [0.1, 0.15) is 0 Å². The lowest BCUT2D eigenvalue weighted by Gasteiger charge is -2.37. The van der Waals surface area contributed by atoms with Gasteiger partial charge in [-0.1, -0.05) is 91.0 Å². The van der Waals surface area contributed by atoms with Crippen LogP contribution in [0.3, 0.4) is 0 Å². The molecule has 0 saturated heterocycles. The topological polar surface area (TPSA) is 34.1 Å². The summed E-state index contributed by atoms with van der Waals surface area (Å²) in [6.45, 7) is -3.01. The van der Waals surface area contributed by atoms with Gasteiger partial charge in [0.15, 0.2) is 0 Å². The van der Waals surface area contributed by atoms with E-state index in [1.165, 1.54) is 0 Å². The van der Waals surface area contributed by atoms with Crippen LogP contribution in [0.2, 0.25) is 0 Å². The molecule has 0 aliphatic heterocycles. The monoisotopic (exact) mass is 380 g/mol. The summed E-state index contributed by atoms with van der Waals surface area (Å²) >= 11 is 0. The second-order valence-corrected chi connectivity index (χ2v) is 9.60. The van der Waals surface area contributed by atoms with E-state index in [-0.39, 0.29) is 5.29 Å². The van der Waals surface area contributed by atoms with Crippen molar-refractivity contribution in [3.63, 3.8) is 0 Å². The molecule has 0 aromatic heterocycles. The van der Waals surface area contributed by atoms with Crippen LogP contribution in [-0.4, -0.2) is 22.8 Å². The summed E-state index contributed by atoms with van der Waals surface area (Å²) < 4.78 is 27.9. The highest BCUT2D eigenvalue weighted by Crippen LogP contribution is 2.51. The van der Waals surface area contributed by atoms with Gasteiger partial charge in [0.2, 0.25) is 11.6 Å². The molecule has 0 N–H and O–H groups in total. The zero-order chi connectivity index (χ0) is 19.1. The van der Waals surface area contributed by atoms with E-state index in [4.69, 9.17) is 0 Å². The minimum Gasteiger partial charge on any atom is -0.287 e. The molecule has 3 aromatic rings. The van der Waals surface area contributed by atoms with Gasteiger partial charge in [0.1, 0.15) is 0 Å². The van der Waals surface area contributed by atoms with Gasteiger partial charge < -0.3 is 0 Å². The average molecular weight is 380 g/mol. The Kier molecular flexibility index (Phi) is 4.16. The van der Waals surface area contributed by atoms with Crippen LogP contribution in [0.25, 0.3) is 0 Å². The summed E-state index contributed by atoms with van der Waals surface area (Å²) in [5.74, 6) is -6.66. The van der Waals surface area contributed by atoms with Crippen LogP contribution >= 0.6 is 6.89 Å². The maximum Gasteiger partial charge on any atom is 0.371 e. The van der Waals surface area contributed by atoms with Crippen LogP contribution in [0.5, 0.6) is 0 Å². The molecule has 0 radical (unpaired) electrons. The van der Waals surface area contributed by atoms with Crippen molar-refractivity contribution in [2.75, 3.05) is 0 Å². The Labute approximate surface area is 155 Å². The highest BCUT2D eigenvalue weighted by Gasteiger charge is 2.64. The maximum atomic E-state index is 14.0. The van der Waals surface area contributed by atoms with E-state index >= 15 is 0 Å². The highest BCUT2D eigenvalue weighted by atomic mass is 31.2. The Morgan fingerprint density at radius 3 is 1.15 bits per heavy atom. The molecule has 0 atom stereocenters. The van der Waals surface area contributed by atoms with Crippen LogP contribution in [0.4, 0.5) is 8.78 Å². The normalized spacial score (nSPS) is 16.1. The smallest absolute Gasteiger partial charge is 0.287 e. The molecule has 27 heavy (non-hydrogen) atoms. The van der Waals surface area contributed by atoms with Gasteiger partial charge >= 0.3 is 5.92 Å². The molecule has 1 aliphatic carbocycles. The first-order valence-electron chi connectivity index (χ1n) is 8.41. The Morgan fingerprint density at radius 2 is 0.852 bits per heavy atom. The largest absolute Gasteiger partial charge is 0.371 e. The molecular formula is C22H15F2O2P. The van der Waals surface area contributed by atoms with E-state index in [1.807, 2.05) is 18.2 Å². The van der Waals surface area contributed by atoms with Crippen LogP contribution in [-0.2, 0) is 9.59 Å². The van der Waals surface area contributed by atoms with E-state index in [1.54, 1.807) is 72.8 Å². The van der Waals surface area contributed by atoms with Gasteiger partial charge in [0.05, 0.1) is 5.29 Å². The first-order chi connectivity index (χ1) is 13.0. The third kappa shape index (κ3) is 2.44. The number of hydrogen-bond donors (Lipinski definition) is 0. The molecule has 5 heteroatoms. The van der Waals surface area contributed by atoms with Crippen molar-refractivity contribution in [1.82, 2.24) is 0 Å². The van der Waals surface area contributed by atoms with Crippen molar-refractivity contribution in [2.24, 2.45) is 0 Å². The van der Waals surface area contributed by atoms with Gasteiger partial charge in [-0.15, -0.1) is 0 Å². The fraction of sp³-hybridized carbons (Fsp3) is 0.0455. The van der Waals surface area contributed by atoms with Crippen molar-refractivity contribution in [1.29, 1.82) is 0 Å². The van der Waals surface area contributed by atoms with E-state index in [0.717, 1.165) is 0 Å². The van der Waals surface area contributed by atoms with Crippen LogP contribution in [0.15, 0.2) is 91.0 Å². The molecule has 3 aromatic carbocycles. The number of carbonyl (C=O) groups excluding carboxylic acids is 2. The molecule has 1 fully saturated rings. The lowest BCUT2D eigenvalue weighted by atomic mass is 9.91. The molecule has 0 unspecified atom stereocenters. The molecule has 134 valence electrons. The molecule has 0 bridgehead atoms. The first kappa shape index (κ1) is 17.6. The third-order valence-electron chi connectivity index (χ3n) is 4.77. The SMILES string of the molecule is O=C1C(=P(c2ccccc2)(c2ccccc2)c2ccccc2)C(=O)C1(F)F. The van der Waals surface area contributed by atoms with Gasteiger partial charge in [0, 0.05) is 0 Å². The zero-order valence-corrected chi connectivity index (χ0v) is 15.1. The van der Waals surface area contributed by atoms with Crippen molar-refractivity contribution >= 4 is 39.7 Å². The number of ketones is 2. The lowest BCUT2D eigenvalue weighted by molar-refractivity contribution is -0.154. The summed E-state index contributed by atoms with van der Waals surface area (Å²) in [4.78, 5) is 25.0. The predicted octanol–water partition coefficient (Wildman–Crippen LogP) is 2.94. The molecule has 1 saturated carbocycles. The first-order valence-corrected chi connectivity index (χ1v) is 10.2. The molecule has 0 heterocycles. The van der Waals surface area contributed by atoms with Crippen molar-refractivity contribution < 1.29 is 18.4 Å². The number of carbonyl (C=O) groups is 2. The lowest BCUT2D eigenvalue weighted by Crippen LogP contribution is -2.62. The molecule has 1 aliphatic rings. The summed E-state index contributed by atoms with van der Waals surface area (Å²) in [6, 6.07) is 27.0. The quantitative estimate of drug-likeness (QED) is 0.517. The summed E-state index contributed by atoms with van der Waals surface area (Å²) in [6.07, 6.45) is 0. The van der Waals surface area contributed by atoms with E-state index in [0.29, 0.717) is 15.9 Å². The zero-order valence-electron chi connectivity index (χ0n) is 14.2. The second kappa shape index (κ2) is 6.40. The molecule has 4 rings (SSSR count). The van der Waals surface area contributed by atoms with Gasteiger partial charge in [-0.3, -0.25) is 9.59 Å². The fourth-order valence-electron chi connectivity index (χ4n) is 3.54. The number of alkyl halides is 2. The van der Waals surface area contributed by atoms with Crippen molar-refractivity contribution in [3.8, 4) is 0 Å². The summed E-state index contributed by atoms with van der Waals surface area (Å²) in [5, 5.41) is 1.83. The molecular weight excluding hydrogens is 365 g/mol. The molecule has 2 nitrogen and oxygen atoms in total. The summed E-state index contributed by atoms with van der Waals surface area (Å²) in [7, 11) is 0. The Balaban J connectivity index is 2.23. The van der Waals surface area contributed by atoms with E-state index < -0.39 is 24.4 Å². The molecule has 0 spiro atoms. The number of halogens is 2. The Bertz CT molecular complexity index is 952. The minimum atomic E-state index is -3.93. The number of rotatable bonds is 3. The minimum absolute atomic E-state index is 0.281. The predicted molar refractivity (Wildman–Crippen MR) is 105 cm³/mol. The van der Waals surface area contributed by atoms with Gasteiger partial charge in [0.25, 0.3) is 0 Å². The van der Waals surface area contributed by atoms with E-state index in [9.17, 15) is 18.4 Å². The van der Waals surface area contributed by atoms with E-state index in [2.05, 4.69) is 0 Å². The fourth-order valence-corrected chi connectivity index (χ4v) is 7.95. The van der Waals surface area contributed by atoms with Crippen molar-refractivity contribution in [3.05, 3.63) is 91.0 Å². The highest BCUT2D eigenvalue weighted by molar-refractivity contribution is 7.98. The third-order valence-corrected chi connectivity index (χ3v) is 9.06. The Hall–Kier alpha value is -2.84. The number of hydrogen-bond acceptors (Lipinski definition) is 2.